The molecule has 1 aromatic rings. The van der Waals surface area contributed by atoms with Crippen LogP contribution in [0.1, 0.15) is 64.7 Å². The molecule has 0 N–H and O–H groups in total. The van der Waals surface area contributed by atoms with Crippen molar-refractivity contribution >= 4 is 25.6 Å². The molecule has 43 heavy (non-hydrogen) atoms. The van der Waals surface area contributed by atoms with Gasteiger partial charge in [0.25, 0.3) is 5.69 Å². The van der Waals surface area contributed by atoms with Crippen LogP contribution in [0, 0.1) is 10.1 Å². The van der Waals surface area contributed by atoms with Crippen LogP contribution in [0.4, 0.5) is 10.5 Å². The van der Waals surface area contributed by atoms with E-state index in [9.17, 15) is 29.2 Å². The number of phosphoric acid groups is 1. The Morgan fingerprint density at radius 1 is 0.907 bits per heavy atom. The number of nitrogens with zero attached hydrogens (tertiary/aromatic N) is 1. The van der Waals surface area contributed by atoms with Gasteiger partial charge >= 0.3 is 154 Å². The van der Waals surface area contributed by atoms with Gasteiger partial charge in [0.2, 0.25) is 0 Å². The maximum atomic E-state index is 12.4. The normalized spacial score (nSPS) is 14.0. The number of halogens is 1. The number of nitro benzene ring substituents is 1. The predicted molar refractivity (Wildman–Crippen MR) is 155 cm³/mol. The Hall–Kier alpha value is -1.84. The molecule has 2 atom stereocenters. The minimum absolute atomic E-state index is 0.0267. The number of alkyl halides is 4. The Morgan fingerprint density at radius 3 is 2.14 bits per heavy atom. The molecule has 0 saturated carbocycles. The van der Waals surface area contributed by atoms with Gasteiger partial charge in [-0.25, -0.2) is 4.79 Å². The van der Waals surface area contributed by atoms with Gasteiger partial charge in [-0.1, -0.05) is 45.4 Å². The summed E-state index contributed by atoms with van der Waals surface area (Å²) in [6, 6.07) is 4.79. The minimum Gasteiger partial charge on any atom is -0.395 e. The summed E-state index contributed by atoms with van der Waals surface area (Å²) < 4.78 is 43.6. The van der Waals surface area contributed by atoms with Crippen LogP contribution in [-0.2, 0) is 32.6 Å². The van der Waals surface area contributed by atoms with Crippen molar-refractivity contribution in [2.45, 2.75) is 70.8 Å². The molecule has 0 aliphatic heterocycles. The molecule has 0 saturated heterocycles. The molecule has 1 rings (SSSR count). The number of phosphoric ester groups is 1. The van der Waals surface area contributed by atoms with Gasteiger partial charge < -0.3 is 4.74 Å². The van der Waals surface area contributed by atoms with E-state index in [1.807, 2.05) is 0 Å². The molecule has 0 amide bonds. The number of nitro groups is 1. The van der Waals surface area contributed by atoms with Crippen LogP contribution >= 0.6 is 7.82 Å². The average Bonchev–Trinajstić information content (AvgIpc) is 2.92. The van der Waals surface area contributed by atoms with E-state index in [0.717, 1.165) is 31.4 Å². The third kappa shape index (κ3) is 21.5. The van der Waals surface area contributed by atoms with Crippen molar-refractivity contribution in [2.75, 3.05) is 52.3 Å². The summed E-state index contributed by atoms with van der Waals surface area (Å²) in [6.07, 6.45) is 6.56. The molecular formula is C28H47INO12P-2. The van der Waals surface area contributed by atoms with E-state index in [1.165, 1.54) is 44.2 Å². The second-order valence-corrected chi connectivity index (χ2v) is 24.1. The van der Waals surface area contributed by atoms with Crippen molar-refractivity contribution in [3.63, 3.8) is 0 Å². The number of ether oxygens (including phenoxy) is 4. The third-order valence-electron chi connectivity index (χ3n) is 5.83. The zero-order chi connectivity index (χ0) is 32.1. The molecule has 0 aliphatic carbocycles. The van der Waals surface area contributed by atoms with E-state index in [-0.39, 0.29) is 37.7 Å². The van der Waals surface area contributed by atoms with Crippen LogP contribution in [0.25, 0.3) is 0 Å². The van der Waals surface area contributed by atoms with Crippen molar-refractivity contribution in [1.82, 2.24) is 0 Å². The van der Waals surface area contributed by atoms with Crippen molar-refractivity contribution in [3.8, 4) is 5.75 Å². The summed E-state index contributed by atoms with van der Waals surface area (Å²) in [5, 5.41) is 10.7. The Bertz CT molecular complexity index is 1000. The molecule has 0 spiro atoms. The van der Waals surface area contributed by atoms with Gasteiger partial charge in [-0.05, 0) is 12.1 Å². The molecular weight excluding hydrogens is 700 g/mol. The number of rotatable bonds is 24. The first-order valence-corrected chi connectivity index (χ1v) is 23.8. The van der Waals surface area contributed by atoms with E-state index in [1.54, 1.807) is 0 Å². The zero-order valence-corrected chi connectivity index (χ0v) is 28.7. The van der Waals surface area contributed by atoms with Crippen molar-refractivity contribution in [1.29, 1.82) is 0 Å². The number of esters is 1. The van der Waals surface area contributed by atoms with Crippen LogP contribution in [0.2, 0.25) is 0 Å². The first-order valence-electron chi connectivity index (χ1n) is 14.3. The van der Waals surface area contributed by atoms with Gasteiger partial charge in [-0.3, -0.25) is 10.1 Å². The fourth-order valence-corrected chi connectivity index (χ4v) is 6.11. The van der Waals surface area contributed by atoms with Gasteiger partial charge in [0.15, 0.2) is 0 Å². The molecule has 0 aliphatic rings. The molecule has 13 nitrogen and oxygen atoms in total. The van der Waals surface area contributed by atoms with Gasteiger partial charge in [0, 0.05) is 12.1 Å². The minimum atomic E-state index is -4.61. The second-order valence-electron chi connectivity index (χ2n) is 10.6. The van der Waals surface area contributed by atoms with E-state index in [4.69, 9.17) is 28.0 Å². The molecule has 1 aromatic carbocycles. The van der Waals surface area contributed by atoms with Crippen LogP contribution in [0.3, 0.4) is 0 Å². The van der Waals surface area contributed by atoms with Crippen LogP contribution in [0.5, 0.6) is 5.75 Å². The maximum absolute atomic E-state index is 12.4. The van der Waals surface area contributed by atoms with E-state index in [2.05, 4.69) is 21.7 Å². The summed E-state index contributed by atoms with van der Waals surface area (Å²) in [5.74, 6) is -0.742. The molecule has 1 unspecified atom stereocenters. The zero-order valence-electron chi connectivity index (χ0n) is 25.7. The molecule has 0 bridgehead atoms. The molecule has 15 heteroatoms. The van der Waals surface area contributed by atoms with Crippen LogP contribution in [0.15, 0.2) is 24.3 Å². The first kappa shape index (κ1) is 39.2. The van der Waals surface area contributed by atoms with E-state index in [0.29, 0.717) is 11.0 Å². The number of hydrogen-bond donors (Lipinski definition) is 0. The quantitative estimate of drug-likeness (QED) is 0.0221. The van der Waals surface area contributed by atoms with Crippen molar-refractivity contribution in [2.24, 2.45) is 0 Å². The molecule has 250 valence electrons. The van der Waals surface area contributed by atoms with Crippen LogP contribution in [-0.4, -0.2) is 75.4 Å². The molecule has 0 heterocycles. The van der Waals surface area contributed by atoms with Gasteiger partial charge in [0.1, 0.15) is 5.75 Å². The Morgan fingerprint density at radius 2 is 1.53 bits per heavy atom. The number of non-ortho nitro benzene ring substituents is 1. The SMILES string of the molecule is CCCCCCCCCCOC[C@H](COP(=O)([O-])OCC[I-](C)(C)C)OC(=O)CCOC(=O)Oc1ccc([N+](=O)[O-])cc1. The van der Waals surface area contributed by atoms with Gasteiger partial charge in [0.05, 0.1) is 4.92 Å². The summed E-state index contributed by atoms with van der Waals surface area (Å²) in [5.41, 5.74) is -0.171. The molecule has 0 fully saturated rings. The topological polar surface area (TPSA) is 173 Å². The van der Waals surface area contributed by atoms with E-state index >= 15 is 0 Å². The second kappa shape index (κ2) is 21.8. The van der Waals surface area contributed by atoms with Crippen molar-refractivity contribution in [3.05, 3.63) is 34.4 Å². The number of hydrogen-bond acceptors (Lipinski definition) is 12. The molecule has 0 aromatic heterocycles. The number of unbranched alkanes of at least 4 members (excludes halogenated alkanes) is 7. The van der Waals surface area contributed by atoms with Gasteiger partial charge in [-0.2, -0.15) is 0 Å². The summed E-state index contributed by atoms with van der Waals surface area (Å²) in [4.78, 5) is 53.0. The summed E-state index contributed by atoms with van der Waals surface area (Å²) in [7, 11) is -4.61. The van der Waals surface area contributed by atoms with Crippen LogP contribution < -0.4 is 28.1 Å². The average molecular weight is 748 g/mol. The number of carbonyl (C=O) groups excluding carboxylic acids is 2. The molecule has 0 radical (unpaired) electrons. The Kier molecular flexibility index (Phi) is 19.9. The monoisotopic (exact) mass is 747 g/mol. The summed E-state index contributed by atoms with van der Waals surface area (Å²) >= 11 is -1.92. The fourth-order valence-electron chi connectivity index (χ4n) is 3.48. The number of carbonyl (C=O) groups is 2. The van der Waals surface area contributed by atoms with Crippen molar-refractivity contribution < 1.29 is 70.4 Å². The standard InChI is InChI=1S/C28H48INO12P/c1-5-6-7-8-9-10-11-12-19-37-22-26(23-40-43(35,36)39-21-18-29(2,3)4)41-27(31)17-20-38-28(32)42-25-15-13-24(14-16-25)30(33)34/h13-16,26H,5-12,17-23H2,1-4H3,(H,35,36)/q-1/p-1/t26-/m1/s1. The smallest absolute Gasteiger partial charge is 0.395 e. The Balaban J connectivity index is 2.49. The fraction of sp³-hybridized carbons (Fsp3) is 0.714. The van der Waals surface area contributed by atoms with Gasteiger partial charge in [-0.15, -0.1) is 0 Å². The Labute approximate surface area is 258 Å². The van der Waals surface area contributed by atoms with E-state index < -0.39 is 56.0 Å². The third-order valence-corrected chi connectivity index (χ3v) is 10.5. The first-order chi connectivity index (χ1) is 20.3. The summed E-state index contributed by atoms with van der Waals surface area (Å²) in [6.45, 7) is 1.70. The number of benzene rings is 1. The predicted octanol–water partition coefficient (Wildman–Crippen LogP) is 2.12.